The summed E-state index contributed by atoms with van der Waals surface area (Å²) < 4.78 is 6.71. The van der Waals surface area contributed by atoms with Gasteiger partial charge in [0.1, 0.15) is 0 Å². The van der Waals surface area contributed by atoms with E-state index < -0.39 is 0 Å². The molecule has 0 amide bonds. The molecule has 0 aliphatic rings. The fourth-order valence-corrected chi connectivity index (χ4v) is 2.83. The number of nitrogens with one attached hydrogen (secondary N) is 1. The minimum absolute atomic E-state index is 0.0818. The second-order valence-electron chi connectivity index (χ2n) is 6.22. The third-order valence-electron chi connectivity index (χ3n) is 4.36. The molecule has 6 heteroatoms. The quantitative estimate of drug-likeness (QED) is 0.378. The van der Waals surface area contributed by atoms with Crippen molar-refractivity contribution in [1.29, 1.82) is 0 Å². The first-order valence-electron chi connectivity index (χ1n) is 9.09. The molecule has 0 fully saturated rings. The number of hydrogen-bond donors (Lipinski definition) is 1. The molecule has 3 rings (SSSR count). The van der Waals surface area contributed by atoms with E-state index >= 15 is 0 Å². The zero-order valence-electron chi connectivity index (χ0n) is 15.7. The number of ether oxygens (including phenoxy) is 1. The van der Waals surface area contributed by atoms with Crippen molar-refractivity contribution in [2.24, 2.45) is 5.10 Å². The molecule has 0 atom stereocenters. The van der Waals surface area contributed by atoms with Crippen LogP contribution in [0.3, 0.4) is 0 Å². The molecule has 27 heavy (non-hydrogen) atoms. The normalized spacial score (nSPS) is 11.3. The number of aryl methyl sites for hydroxylation is 1. The lowest BCUT2D eigenvalue weighted by Crippen LogP contribution is -2.24. The first-order chi connectivity index (χ1) is 13.2. The van der Waals surface area contributed by atoms with E-state index in [1.165, 1.54) is 5.56 Å². The standard InChI is InChI=1S/C21H24N4O2/c1-3-16-9-11-17(12-10-16)15-22-24-21-23-19-8-5-4-7-18(19)20(26)25(21)13-6-14-27-2/h4-5,7-12,15H,3,6,13-14H2,1-2H3,(H,23,24)/b22-15-. The average Bonchev–Trinajstić information content (AvgIpc) is 2.71. The number of aromatic nitrogens is 2. The molecule has 0 radical (unpaired) electrons. The van der Waals surface area contributed by atoms with Gasteiger partial charge in [-0.05, 0) is 36.1 Å². The van der Waals surface area contributed by atoms with E-state index in [-0.39, 0.29) is 5.56 Å². The third-order valence-corrected chi connectivity index (χ3v) is 4.36. The number of fused-ring (bicyclic) bond motifs is 1. The van der Waals surface area contributed by atoms with Crippen LogP contribution < -0.4 is 11.0 Å². The number of benzene rings is 2. The summed E-state index contributed by atoms with van der Waals surface area (Å²) in [6.45, 7) is 3.21. The maximum atomic E-state index is 12.8. The molecular weight excluding hydrogens is 340 g/mol. The van der Waals surface area contributed by atoms with E-state index in [4.69, 9.17) is 4.74 Å². The van der Waals surface area contributed by atoms with Gasteiger partial charge in [0.25, 0.3) is 5.56 Å². The number of rotatable bonds is 8. The van der Waals surface area contributed by atoms with Crippen molar-refractivity contribution < 1.29 is 4.74 Å². The molecule has 1 heterocycles. The Labute approximate surface area is 158 Å². The second kappa shape index (κ2) is 9.09. The number of hydrogen-bond acceptors (Lipinski definition) is 5. The van der Waals surface area contributed by atoms with E-state index in [1.807, 2.05) is 30.3 Å². The molecule has 0 bridgehead atoms. The van der Waals surface area contributed by atoms with Gasteiger partial charge >= 0.3 is 0 Å². The molecule has 1 aromatic heterocycles. The van der Waals surface area contributed by atoms with Gasteiger partial charge in [-0.1, -0.05) is 43.3 Å². The fraction of sp³-hybridized carbons (Fsp3) is 0.286. The van der Waals surface area contributed by atoms with Crippen molar-refractivity contribution in [2.75, 3.05) is 19.1 Å². The summed E-state index contributed by atoms with van der Waals surface area (Å²) in [6, 6.07) is 15.5. The smallest absolute Gasteiger partial charge is 0.262 e. The zero-order valence-corrected chi connectivity index (χ0v) is 15.7. The topological polar surface area (TPSA) is 68.5 Å². The van der Waals surface area contributed by atoms with Gasteiger partial charge in [0.2, 0.25) is 5.95 Å². The number of hydrazone groups is 1. The summed E-state index contributed by atoms with van der Waals surface area (Å²) in [5.41, 5.74) is 5.76. The molecule has 2 aromatic carbocycles. The summed E-state index contributed by atoms with van der Waals surface area (Å²) in [5, 5.41) is 4.87. The SMILES string of the molecule is CCc1ccc(/C=N\Nc2nc3ccccc3c(=O)n2CCCOC)cc1. The molecule has 0 spiro atoms. The first kappa shape index (κ1) is 18.8. The lowest BCUT2D eigenvalue weighted by atomic mass is 10.1. The molecule has 0 saturated heterocycles. The van der Waals surface area contributed by atoms with Gasteiger partial charge in [-0.25, -0.2) is 10.4 Å². The Morgan fingerprint density at radius 3 is 2.70 bits per heavy atom. The largest absolute Gasteiger partial charge is 0.385 e. The van der Waals surface area contributed by atoms with Gasteiger partial charge in [0.05, 0.1) is 17.1 Å². The van der Waals surface area contributed by atoms with Gasteiger partial charge < -0.3 is 4.74 Å². The highest BCUT2D eigenvalue weighted by Crippen LogP contribution is 2.12. The molecule has 0 aliphatic heterocycles. The number of nitrogens with zero attached hydrogens (tertiary/aromatic N) is 3. The predicted molar refractivity (Wildman–Crippen MR) is 110 cm³/mol. The van der Waals surface area contributed by atoms with Crippen molar-refractivity contribution in [2.45, 2.75) is 26.3 Å². The van der Waals surface area contributed by atoms with Gasteiger partial charge in [-0.2, -0.15) is 5.10 Å². The minimum Gasteiger partial charge on any atom is -0.385 e. The van der Waals surface area contributed by atoms with Crippen LogP contribution in [0.25, 0.3) is 10.9 Å². The molecule has 0 saturated carbocycles. The predicted octanol–water partition coefficient (Wildman–Crippen LogP) is 3.44. The zero-order chi connectivity index (χ0) is 19.1. The molecule has 3 aromatic rings. The Morgan fingerprint density at radius 2 is 1.96 bits per heavy atom. The van der Waals surface area contributed by atoms with Crippen molar-refractivity contribution in [3.8, 4) is 0 Å². The average molecular weight is 364 g/mol. The Bertz CT molecular complexity index is 978. The molecule has 6 nitrogen and oxygen atoms in total. The maximum Gasteiger partial charge on any atom is 0.262 e. The highest BCUT2D eigenvalue weighted by Gasteiger charge is 2.10. The van der Waals surface area contributed by atoms with Crippen LogP contribution >= 0.6 is 0 Å². The van der Waals surface area contributed by atoms with Crippen LogP contribution in [0.5, 0.6) is 0 Å². The van der Waals surface area contributed by atoms with E-state index in [0.717, 1.165) is 12.0 Å². The lowest BCUT2D eigenvalue weighted by molar-refractivity contribution is 0.190. The molecule has 0 unspecified atom stereocenters. The Kier molecular flexibility index (Phi) is 6.33. The highest BCUT2D eigenvalue weighted by molar-refractivity contribution is 5.81. The van der Waals surface area contributed by atoms with E-state index in [2.05, 4.69) is 34.6 Å². The van der Waals surface area contributed by atoms with Crippen LogP contribution in [-0.4, -0.2) is 29.5 Å². The first-order valence-corrected chi connectivity index (χ1v) is 9.09. The van der Waals surface area contributed by atoms with Gasteiger partial charge in [-0.3, -0.25) is 9.36 Å². The van der Waals surface area contributed by atoms with Crippen LogP contribution in [0, 0.1) is 0 Å². The number of anilines is 1. The second-order valence-corrected chi connectivity index (χ2v) is 6.22. The van der Waals surface area contributed by atoms with E-state index in [0.29, 0.717) is 36.4 Å². The monoisotopic (exact) mass is 364 g/mol. The maximum absolute atomic E-state index is 12.8. The molecule has 0 aliphatic carbocycles. The number of para-hydroxylation sites is 1. The third kappa shape index (κ3) is 4.60. The summed E-state index contributed by atoms with van der Waals surface area (Å²) in [5.74, 6) is 0.427. The van der Waals surface area contributed by atoms with Crippen LogP contribution in [-0.2, 0) is 17.7 Å². The van der Waals surface area contributed by atoms with Crippen molar-refractivity contribution in [3.63, 3.8) is 0 Å². The van der Waals surface area contributed by atoms with Crippen LogP contribution in [0.4, 0.5) is 5.95 Å². The van der Waals surface area contributed by atoms with Gasteiger partial charge in [0.15, 0.2) is 0 Å². The lowest BCUT2D eigenvalue weighted by Gasteiger charge is -2.12. The molecule has 1 N–H and O–H groups in total. The Hall–Kier alpha value is -2.99. The van der Waals surface area contributed by atoms with E-state index in [9.17, 15) is 4.79 Å². The molecular formula is C21H24N4O2. The number of methoxy groups -OCH3 is 1. The van der Waals surface area contributed by atoms with Crippen LogP contribution in [0.1, 0.15) is 24.5 Å². The summed E-state index contributed by atoms with van der Waals surface area (Å²) in [4.78, 5) is 17.4. The highest BCUT2D eigenvalue weighted by atomic mass is 16.5. The Morgan fingerprint density at radius 1 is 1.19 bits per heavy atom. The van der Waals surface area contributed by atoms with Gasteiger partial charge in [0, 0.05) is 20.3 Å². The summed E-state index contributed by atoms with van der Waals surface area (Å²) >= 11 is 0. The van der Waals surface area contributed by atoms with Crippen LogP contribution in [0.2, 0.25) is 0 Å². The van der Waals surface area contributed by atoms with Gasteiger partial charge in [-0.15, -0.1) is 0 Å². The Balaban J connectivity index is 1.87. The minimum atomic E-state index is -0.0818. The summed E-state index contributed by atoms with van der Waals surface area (Å²) in [7, 11) is 1.65. The summed E-state index contributed by atoms with van der Waals surface area (Å²) in [6.07, 6.45) is 3.44. The fourth-order valence-electron chi connectivity index (χ4n) is 2.83. The van der Waals surface area contributed by atoms with E-state index in [1.54, 1.807) is 24.0 Å². The molecule has 140 valence electrons. The van der Waals surface area contributed by atoms with Crippen molar-refractivity contribution in [1.82, 2.24) is 9.55 Å². The van der Waals surface area contributed by atoms with Crippen molar-refractivity contribution >= 4 is 23.1 Å². The van der Waals surface area contributed by atoms with Crippen LogP contribution in [0.15, 0.2) is 58.4 Å². The van der Waals surface area contributed by atoms with Crippen molar-refractivity contribution in [3.05, 3.63) is 70.0 Å².